The summed E-state index contributed by atoms with van der Waals surface area (Å²) in [6.07, 6.45) is 3.69. The average molecular weight is 269 g/mol. The van der Waals surface area contributed by atoms with Crippen molar-refractivity contribution in [2.45, 2.75) is 6.54 Å². The van der Waals surface area contributed by atoms with Crippen LogP contribution in [0.4, 0.5) is 0 Å². The van der Waals surface area contributed by atoms with Crippen LogP contribution in [0, 0.1) is 0 Å². The van der Waals surface area contributed by atoms with E-state index in [1.165, 1.54) is 5.39 Å². The van der Waals surface area contributed by atoms with Crippen LogP contribution in [-0.4, -0.2) is 4.98 Å². The van der Waals surface area contributed by atoms with Crippen molar-refractivity contribution in [2.24, 2.45) is 5.73 Å². The second kappa shape index (κ2) is 5.00. The molecule has 0 aliphatic rings. The summed E-state index contributed by atoms with van der Waals surface area (Å²) in [6, 6.07) is 14.1. The maximum Gasteiger partial charge on any atom is 0.0409 e. The Bertz CT molecular complexity index is 732. The van der Waals surface area contributed by atoms with Crippen LogP contribution >= 0.6 is 11.6 Å². The third-order valence-electron chi connectivity index (χ3n) is 3.26. The average Bonchev–Trinajstić information content (AvgIpc) is 2.46. The number of hydrogen-bond acceptors (Lipinski definition) is 2. The number of halogens is 1. The van der Waals surface area contributed by atoms with E-state index in [2.05, 4.69) is 17.1 Å². The molecule has 2 nitrogen and oxygen atoms in total. The van der Waals surface area contributed by atoms with Crippen molar-refractivity contribution in [3.05, 3.63) is 65.4 Å². The molecule has 0 saturated heterocycles. The van der Waals surface area contributed by atoms with Gasteiger partial charge in [0.1, 0.15) is 0 Å². The fraction of sp³-hybridized carbons (Fsp3) is 0.0625. The Hall–Kier alpha value is -1.90. The Morgan fingerprint density at radius 3 is 2.79 bits per heavy atom. The number of hydrogen-bond donors (Lipinski definition) is 1. The molecule has 0 saturated carbocycles. The lowest BCUT2D eigenvalue weighted by Crippen LogP contribution is -1.99. The number of pyridine rings is 1. The van der Waals surface area contributed by atoms with Crippen molar-refractivity contribution in [2.75, 3.05) is 0 Å². The molecule has 94 valence electrons. The maximum atomic E-state index is 6.03. The van der Waals surface area contributed by atoms with E-state index in [0.717, 1.165) is 22.1 Å². The van der Waals surface area contributed by atoms with E-state index in [4.69, 9.17) is 17.3 Å². The lowest BCUT2D eigenvalue weighted by atomic mass is 9.95. The summed E-state index contributed by atoms with van der Waals surface area (Å²) in [6.45, 7) is 0.465. The molecule has 0 aliphatic carbocycles. The number of nitrogens with two attached hydrogens (primary N) is 1. The van der Waals surface area contributed by atoms with Crippen LogP contribution in [0.5, 0.6) is 0 Å². The predicted molar refractivity (Wildman–Crippen MR) is 80.1 cm³/mol. The number of rotatable bonds is 2. The topological polar surface area (TPSA) is 38.9 Å². The molecule has 1 heterocycles. The summed E-state index contributed by atoms with van der Waals surface area (Å²) in [7, 11) is 0. The zero-order valence-corrected chi connectivity index (χ0v) is 11.1. The minimum absolute atomic E-state index is 0.465. The molecular weight excluding hydrogens is 256 g/mol. The first-order valence-electron chi connectivity index (χ1n) is 6.11. The third-order valence-corrected chi connectivity index (χ3v) is 3.50. The third kappa shape index (κ3) is 2.21. The highest BCUT2D eigenvalue weighted by Gasteiger charge is 2.08. The summed E-state index contributed by atoms with van der Waals surface area (Å²) < 4.78 is 0. The molecule has 3 aromatic rings. The van der Waals surface area contributed by atoms with E-state index < -0.39 is 0 Å². The van der Waals surface area contributed by atoms with Crippen LogP contribution < -0.4 is 5.73 Å². The van der Waals surface area contributed by atoms with Gasteiger partial charge in [0.15, 0.2) is 0 Å². The molecule has 0 aliphatic heterocycles. The van der Waals surface area contributed by atoms with Crippen LogP contribution in [0.15, 0.2) is 54.9 Å². The van der Waals surface area contributed by atoms with Crippen molar-refractivity contribution in [1.29, 1.82) is 0 Å². The van der Waals surface area contributed by atoms with Crippen molar-refractivity contribution in [3.63, 3.8) is 0 Å². The molecule has 0 spiro atoms. The first-order valence-corrected chi connectivity index (χ1v) is 6.49. The minimum atomic E-state index is 0.465. The van der Waals surface area contributed by atoms with Gasteiger partial charge in [0.05, 0.1) is 0 Å². The maximum absolute atomic E-state index is 6.03. The molecule has 0 bridgehead atoms. The Kier molecular flexibility index (Phi) is 3.20. The molecule has 0 radical (unpaired) electrons. The van der Waals surface area contributed by atoms with Gasteiger partial charge in [-0.15, -0.1) is 0 Å². The Balaban J connectivity index is 2.30. The van der Waals surface area contributed by atoms with Crippen LogP contribution in [0.25, 0.3) is 21.9 Å². The van der Waals surface area contributed by atoms with Crippen molar-refractivity contribution in [3.8, 4) is 11.1 Å². The number of fused-ring (bicyclic) bond motifs is 1. The van der Waals surface area contributed by atoms with Crippen LogP contribution in [0.2, 0.25) is 5.02 Å². The van der Waals surface area contributed by atoms with E-state index in [0.29, 0.717) is 11.6 Å². The van der Waals surface area contributed by atoms with Gasteiger partial charge in [0, 0.05) is 29.3 Å². The Morgan fingerprint density at radius 1 is 1.05 bits per heavy atom. The van der Waals surface area contributed by atoms with Crippen molar-refractivity contribution in [1.82, 2.24) is 4.98 Å². The van der Waals surface area contributed by atoms with Crippen molar-refractivity contribution < 1.29 is 0 Å². The number of aromatic nitrogens is 1. The van der Waals surface area contributed by atoms with E-state index in [9.17, 15) is 0 Å². The minimum Gasteiger partial charge on any atom is -0.326 e. The number of nitrogens with zero attached hydrogens (tertiary/aromatic N) is 1. The van der Waals surface area contributed by atoms with Gasteiger partial charge in [-0.3, -0.25) is 4.98 Å². The molecule has 0 amide bonds. The zero-order valence-electron chi connectivity index (χ0n) is 10.3. The molecule has 0 atom stereocenters. The van der Waals surface area contributed by atoms with Gasteiger partial charge >= 0.3 is 0 Å². The van der Waals surface area contributed by atoms with E-state index in [1.807, 2.05) is 36.5 Å². The molecule has 3 heteroatoms. The molecule has 2 aromatic carbocycles. The highest BCUT2D eigenvalue weighted by atomic mass is 35.5. The second-order valence-corrected chi connectivity index (χ2v) is 4.84. The quantitative estimate of drug-likeness (QED) is 0.763. The first-order chi connectivity index (χ1) is 9.29. The van der Waals surface area contributed by atoms with Gasteiger partial charge in [0.25, 0.3) is 0 Å². The molecular formula is C16H13ClN2. The zero-order chi connectivity index (χ0) is 13.2. The summed E-state index contributed by atoms with van der Waals surface area (Å²) in [5.74, 6) is 0. The number of benzene rings is 2. The largest absolute Gasteiger partial charge is 0.326 e. The van der Waals surface area contributed by atoms with Crippen molar-refractivity contribution >= 4 is 22.4 Å². The SMILES string of the molecule is NCc1cc(Cl)ccc1-c1cccc2ccncc12. The molecule has 1 aromatic heterocycles. The Morgan fingerprint density at radius 2 is 1.95 bits per heavy atom. The Labute approximate surface area is 116 Å². The fourth-order valence-electron chi connectivity index (χ4n) is 2.34. The van der Waals surface area contributed by atoms with E-state index in [1.54, 1.807) is 6.20 Å². The summed E-state index contributed by atoms with van der Waals surface area (Å²) >= 11 is 6.03. The molecule has 0 fully saturated rings. The summed E-state index contributed by atoms with van der Waals surface area (Å²) in [5, 5.41) is 3.01. The van der Waals surface area contributed by atoms with Gasteiger partial charge in [-0.25, -0.2) is 0 Å². The fourth-order valence-corrected chi connectivity index (χ4v) is 2.54. The lowest BCUT2D eigenvalue weighted by molar-refractivity contribution is 1.07. The normalized spacial score (nSPS) is 10.8. The molecule has 0 unspecified atom stereocenters. The van der Waals surface area contributed by atoms with Gasteiger partial charge in [-0.05, 0) is 40.3 Å². The molecule has 3 rings (SSSR count). The van der Waals surface area contributed by atoms with Gasteiger partial charge in [-0.2, -0.15) is 0 Å². The van der Waals surface area contributed by atoms with Gasteiger partial charge < -0.3 is 5.73 Å². The summed E-state index contributed by atoms with van der Waals surface area (Å²) in [4.78, 5) is 4.21. The monoisotopic (exact) mass is 268 g/mol. The van der Waals surface area contributed by atoms with E-state index >= 15 is 0 Å². The van der Waals surface area contributed by atoms with Gasteiger partial charge in [-0.1, -0.05) is 35.9 Å². The second-order valence-electron chi connectivity index (χ2n) is 4.41. The van der Waals surface area contributed by atoms with Crippen LogP contribution in [-0.2, 0) is 6.54 Å². The predicted octanol–water partition coefficient (Wildman–Crippen LogP) is 4.01. The van der Waals surface area contributed by atoms with Crippen LogP contribution in [0.3, 0.4) is 0 Å². The van der Waals surface area contributed by atoms with Crippen LogP contribution in [0.1, 0.15) is 5.56 Å². The van der Waals surface area contributed by atoms with E-state index in [-0.39, 0.29) is 0 Å². The molecule has 19 heavy (non-hydrogen) atoms. The standard InChI is InChI=1S/C16H13ClN2/c17-13-4-5-14(12(8-13)9-18)15-3-1-2-11-6-7-19-10-16(11)15/h1-8,10H,9,18H2. The highest BCUT2D eigenvalue weighted by Crippen LogP contribution is 2.31. The first kappa shape index (κ1) is 12.2. The van der Waals surface area contributed by atoms with Gasteiger partial charge in [0.2, 0.25) is 0 Å². The lowest BCUT2D eigenvalue weighted by Gasteiger charge is -2.11. The summed E-state index contributed by atoms with van der Waals surface area (Å²) in [5.41, 5.74) is 9.13. The molecule has 2 N–H and O–H groups in total. The smallest absolute Gasteiger partial charge is 0.0409 e. The highest BCUT2D eigenvalue weighted by molar-refractivity contribution is 6.30.